The van der Waals surface area contributed by atoms with Crippen LogP contribution in [0.3, 0.4) is 0 Å². The molecule has 0 saturated carbocycles. The Balaban J connectivity index is 2.26. The second kappa shape index (κ2) is 5.09. The Labute approximate surface area is 100 Å². The molecule has 0 N–H and O–H groups in total. The molecule has 1 aromatic heterocycles. The van der Waals surface area contributed by atoms with Crippen LogP contribution in [0.25, 0.3) is 10.2 Å². The molecule has 0 unspecified atom stereocenters. The van der Waals surface area contributed by atoms with Crippen molar-refractivity contribution >= 4 is 27.5 Å². The van der Waals surface area contributed by atoms with E-state index >= 15 is 0 Å². The lowest BCUT2D eigenvalue weighted by Crippen LogP contribution is -2.21. The summed E-state index contributed by atoms with van der Waals surface area (Å²) in [5, 5.41) is 0. The van der Waals surface area contributed by atoms with Crippen molar-refractivity contribution in [3.05, 3.63) is 33.9 Å². The second-order valence-corrected chi connectivity index (χ2v) is 4.32. The third-order valence-electron chi connectivity index (χ3n) is 2.20. The molecule has 0 fully saturated rings. The average molecular weight is 255 g/mol. The summed E-state index contributed by atoms with van der Waals surface area (Å²) in [4.78, 5) is 22.7. The van der Waals surface area contributed by atoms with Crippen LogP contribution in [0.4, 0.5) is 4.39 Å². The number of ether oxygens (including phenoxy) is 1. The van der Waals surface area contributed by atoms with Gasteiger partial charge in [0.1, 0.15) is 19.8 Å². The smallest absolute Gasteiger partial charge is 0.326 e. The highest BCUT2D eigenvalue weighted by molar-refractivity contribution is 7.16. The highest BCUT2D eigenvalue weighted by Crippen LogP contribution is 2.16. The largest absolute Gasteiger partial charge is 0.462 e. The first-order valence-corrected chi connectivity index (χ1v) is 5.84. The third-order valence-corrected chi connectivity index (χ3v) is 3.16. The molecule has 1 heterocycles. The molecular weight excluding hydrogens is 245 g/mol. The Morgan fingerprint density at radius 3 is 2.94 bits per heavy atom. The molecule has 6 heteroatoms. The Morgan fingerprint density at radius 2 is 2.18 bits per heavy atom. The van der Waals surface area contributed by atoms with E-state index in [1.54, 1.807) is 12.1 Å². The molecule has 0 aliphatic rings. The molecule has 1 aromatic carbocycles. The number of fused-ring (bicyclic) bond motifs is 1. The maximum atomic E-state index is 11.8. The van der Waals surface area contributed by atoms with Crippen molar-refractivity contribution < 1.29 is 13.9 Å². The number of benzene rings is 1. The van der Waals surface area contributed by atoms with E-state index in [-0.39, 0.29) is 18.0 Å². The molecule has 0 spiro atoms. The van der Waals surface area contributed by atoms with Gasteiger partial charge in [0, 0.05) is 0 Å². The predicted molar refractivity (Wildman–Crippen MR) is 63.0 cm³/mol. The van der Waals surface area contributed by atoms with Crippen LogP contribution in [0.2, 0.25) is 0 Å². The molecule has 0 atom stereocenters. The van der Waals surface area contributed by atoms with Gasteiger partial charge in [-0.1, -0.05) is 23.5 Å². The Kier molecular flexibility index (Phi) is 3.53. The summed E-state index contributed by atoms with van der Waals surface area (Å²) in [6.07, 6.45) is 0. The number of halogens is 1. The van der Waals surface area contributed by atoms with Gasteiger partial charge in [0.2, 0.25) is 0 Å². The average Bonchev–Trinajstić information content (AvgIpc) is 2.64. The Morgan fingerprint density at radius 1 is 1.41 bits per heavy atom. The number of thiazole rings is 1. The zero-order chi connectivity index (χ0) is 12.3. The summed E-state index contributed by atoms with van der Waals surface area (Å²) in [7, 11) is 0. The van der Waals surface area contributed by atoms with Crippen molar-refractivity contribution in [1.82, 2.24) is 4.57 Å². The van der Waals surface area contributed by atoms with Crippen molar-refractivity contribution in [2.24, 2.45) is 0 Å². The highest BCUT2D eigenvalue weighted by atomic mass is 32.1. The standard InChI is InChI=1S/C11H10FNO3S/c12-5-6-16-10(14)7-13-8-3-1-2-4-9(8)17-11(13)15/h1-4H,5-7H2. The molecule has 2 rings (SSSR count). The number of para-hydroxylation sites is 1. The van der Waals surface area contributed by atoms with Gasteiger partial charge in [-0.25, -0.2) is 4.39 Å². The lowest BCUT2D eigenvalue weighted by molar-refractivity contribution is -0.144. The van der Waals surface area contributed by atoms with Gasteiger partial charge in [0.25, 0.3) is 0 Å². The van der Waals surface area contributed by atoms with Gasteiger partial charge >= 0.3 is 10.8 Å². The number of rotatable bonds is 4. The van der Waals surface area contributed by atoms with E-state index in [2.05, 4.69) is 4.74 Å². The fraction of sp³-hybridized carbons (Fsp3) is 0.273. The summed E-state index contributed by atoms with van der Waals surface area (Å²) >= 11 is 1.07. The van der Waals surface area contributed by atoms with Crippen LogP contribution in [-0.4, -0.2) is 23.8 Å². The molecule has 90 valence electrons. The fourth-order valence-electron chi connectivity index (χ4n) is 1.49. The predicted octanol–water partition coefficient (Wildman–Crippen LogP) is 1.58. The summed E-state index contributed by atoms with van der Waals surface area (Å²) in [5.74, 6) is -0.603. The van der Waals surface area contributed by atoms with E-state index in [4.69, 9.17) is 0 Å². The van der Waals surface area contributed by atoms with Crippen molar-refractivity contribution in [3.8, 4) is 0 Å². The highest BCUT2D eigenvalue weighted by Gasteiger charge is 2.11. The van der Waals surface area contributed by atoms with E-state index in [9.17, 15) is 14.0 Å². The molecule has 4 nitrogen and oxygen atoms in total. The minimum atomic E-state index is -0.717. The summed E-state index contributed by atoms with van der Waals surface area (Å²) < 4.78 is 18.6. The minimum absolute atomic E-state index is 0.178. The third kappa shape index (κ3) is 2.52. The monoisotopic (exact) mass is 255 g/mol. The van der Waals surface area contributed by atoms with Gasteiger partial charge in [-0.2, -0.15) is 0 Å². The molecule has 0 saturated heterocycles. The molecule has 2 aromatic rings. The molecule has 0 aliphatic carbocycles. The zero-order valence-corrected chi connectivity index (χ0v) is 9.71. The van der Waals surface area contributed by atoms with Gasteiger partial charge in [-0.3, -0.25) is 14.2 Å². The maximum Gasteiger partial charge on any atom is 0.326 e. The lowest BCUT2D eigenvalue weighted by Gasteiger charge is -2.03. The van der Waals surface area contributed by atoms with E-state index in [0.717, 1.165) is 16.0 Å². The van der Waals surface area contributed by atoms with Crippen LogP contribution >= 0.6 is 11.3 Å². The maximum absolute atomic E-state index is 11.8. The number of hydrogen-bond acceptors (Lipinski definition) is 4. The van der Waals surface area contributed by atoms with Crippen LogP contribution in [0.1, 0.15) is 0 Å². The first-order chi connectivity index (χ1) is 8.22. The normalized spacial score (nSPS) is 10.6. The Bertz CT molecular complexity index is 590. The van der Waals surface area contributed by atoms with E-state index in [1.165, 1.54) is 4.57 Å². The first-order valence-electron chi connectivity index (χ1n) is 5.02. The van der Waals surface area contributed by atoms with Crippen molar-refractivity contribution in [1.29, 1.82) is 0 Å². The topological polar surface area (TPSA) is 48.3 Å². The Hall–Kier alpha value is -1.69. The molecule has 17 heavy (non-hydrogen) atoms. The molecule has 0 amide bonds. The number of aromatic nitrogens is 1. The summed E-state index contributed by atoms with van der Waals surface area (Å²) in [6.45, 7) is -1.16. The van der Waals surface area contributed by atoms with E-state index in [1.807, 2.05) is 12.1 Å². The lowest BCUT2D eigenvalue weighted by atomic mass is 10.3. The van der Waals surface area contributed by atoms with Crippen LogP contribution in [0.5, 0.6) is 0 Å². The summed E-state index contributed by atoms with van der Waals surface area (Å²) in [5.41, 5.74) is 0.694. The van der Waals surface area contributed by atoms with Gasteiger partial charge in [-0.15, -0.1) is 0 Å². The van der Waals surface area contributed by atoms with Gasteiger partial charge in [0.05, 0.1) is 10.2 Å². The van der Waals surface area contributed by atoms with Gasteiger partial charge in [-0.05, 0) is 12.1 Å². The van der Waals surface area contributed by atoms with Crippen LogP contribution in [0, 0.1) is 0 Å². The van der Waals surface area contributed by atoms with Crippen molar-refractivity contribution in [3.63, 3.8) is 0 Å². The molecule has 0 aliphatic heterocycles. The van der Waals surface area contributed by atoms with Gasteiger partial charge < -0.3 is 4.74 Å². The molecule has 0 bridgehead atoms. The number of carbonyl (C=O) groups excluding carboxylic acids is 1. The number of alkyl halides is 1. The molecular formula is C11H10FNO3S. The zero-order valence-electron chi connectivity index (χ0n) is 8.89. The van der Waals surface area contributed by atoms with Crippen LogP contribution in [0.15, 0.2) is 29.1 Å². The number of esters is 1. The van der Waals surface area contributed by atoms with Crippen molar-refractivity contribution in [2.45, 2.75) is 6.54 Å². The minimum Gasteiger partial charge on any atom is -0.462 e. The number of hydrogen-bond donors (Lipinski definition) is 0. The van der Waals surface area contributed by atoms with Gasteiger partial charge in [0.15, 0.2) is 0 Å². The fourth-order valence-corrected chi connectivity index (χ4v) is 2.38. The van der Waals surface area contributed by atoms with E-state index in [0.29, 0.717) is 5.52 Å². The quantitative estimate of drug-likeness (QED) is 0.779. The SMILES string of the molecule is O=C(Cn1c(=O)sc2ccccc21)OCCF. The molecule has 0 radical (unpaired) electrons. The number of nitrogens with zero attached hydrogens (tertiary/aromatic N) is 1. The summed E-state index contributed by atoms with van der Waals surface area (Å²) in [6, 6.07) is 7.18. The van der Waals surface area contributed by atoms with Crippen LogP contribution < -0.4 is 4.87 Å². The first kappa shape index (κ1) is 11.8. The van der Waals surface area contributed by atoms with Crippen molar-refractivity contribution in [2.75, 3.05) is 13.3 Å². The van der Waals surface area contributed by atoms with Crippen LogP contribution in [-0.2, 0) is 16.1 Å². The van der Waals surface area contributed by atoms with E-state index < -0.39 is 12.6 Å². The second-order valence-electron chi connectivity index (χ2n) is 3.33. The number of carbonyl (C=O) groups is 1.